The smallest absolute Gasteiger partial charge is 0.271 e. The average molecular weight is 349 g/mol. The molecule has 122 valence electrons. The fourth-order valence-electron chi connectivity index (χ4n) is 2.60. The van der Waals surface area contributed by atoms with E-state index in [1.165, 1.54) is 12.4 Å². The maximum Gasteiger partial charge on any atom is 0.271 e. The van der Waals surface area contributed by atoms with Gasteiger partial charge in [-0.15, -0.1) is 11.3 Å². The predicted octanol–water partition coefficient (Wildman–Crippen LogP) is 2.66. The minimum atomic E-state index is -0.198. The molecule has 3 rings (SSSR count). The lowest BCUT2D eigenvalue weighted by Crippen LogP contribution is -2.38. The summed E-state index contributed by atoms with van der Waals surface area (Å²) < 4.78 is 1.14. The van der Waals surface area contributed by atoms with Crippen molar-refractivity contribution < 1.29 is 4.79 Å². The van der Waals surface area contributed by atoms with Crippen molar-refractivity contribution >= 4 is 34.8 Å². The largest absolute Gasteiger partial charge is 0.382 e. The second kappa shape index (κ2) is 7.27. The number of aryl methyl sites for hydroxylation is 1. The molecule has 2 aromatic heterocycles. The molecule has 1 aliphatic carbocycles. The van der Waals surface area contributed by atoms with E-state index in [4.69, 9.17) is 5.73 Å². The molecule has 0 spiro atoms. The lowest BCUT2D eigenvalue weighted by molar-refractivity contribution is 0.0923. The fourth-order valence-corrected chi connectivity index (χ4v) is 4.89. The monoisotopic (exact) mass is 349 g/mol. The van der Waals surface area contributed by atoms with Gasteiger partial charge in [0.05, 0.1) is 12.4 Å². The van der Waals surface area contributed by atoms with E-state index in [9.17, 15) is 4.79 Å². The quantitative estimate of drug-likeness (QED) is 0.881. The van der Waals surface area contributed by atoms with Crippen molar-refractivity contribution in [2.45, 2.75) is 48.2 Å². The SMILES string of the molecule is Cc1csc(SC2CCC(NC(=O)c3cncc(N)n3)CC2)n1. The van der Waals surface area contributed by atoms with E-state index in [1.54, 1.807) is 11.3 Å². The number of amides is 1. The van der Waals surface area contributed by atoms with Crippen molar-refractivity contribution in [3.8, 4) is 0 Å². The van der Waals surface area contributed by atoms with Gasteiger partial charge in [-0.1, -0.05) is 11.8 Å². The van der Waals surface area contributed by atoms with Gasteiger partial charge in [-0.2, -0.15) is 0 Å². The molecule has 23 heavy (non-hydrogen) atoms. The molecule has 0 atom stereocenters. The maximum atomic E-state index is 12.2. The first-order chi connectivity index (χ1) is 11.1. The highest BCUT2D eigenvalue weighted by Crippen LogP contribution is 2.35. The number of hydrogen-bond acceptors (Lipinski definition) is 7. The number of carbonyl (C=O) groups excluding carboxylic acids is 1. The van der Waals surface area contributed by atoms with Crippen LogP contribution >= 0.6 is 23.1 Å². The fraction of sp³-hybridized carbons (Fsp3) is 0.467. The highest BCUT2D eigenvalue weighted by Gasteiger charge is 2.24. The summed E-state index contributed by atoms with van der Waals surface area (Å²) in [6, 6.07) is 0.195. The Balaban J connectivity index is 1.48. The summed E-state index contributed by atoms with van der Waals surface area (Å²) in [5.41, 5.74) is 6.92. The van der Waals surface area contributed by atoms with Crippen molar-refractivity contribution in [1.82, 2.24) is 20.3 Å². The highest BCUT2D eigenvalue weighted by molar-refractivity contribution is 8.01. The molecular formula is C15H19N5OS2. The van der Waals surface area contributed by atoms with E-state index in [2.05, 4.69) is 25.6 Å². The molecule has 0 bridgehead atoms. The molecule has 0 aliphatic heterocycles. The minimum Gasteiger partial charge on any atom is -0.382 e. The first-order valence-electron chi connectivity index (χ1n) is 7.57. The Bertz CT molecular complexity index is 682. The van der Waals surface area contributed by atoms with Gasteiger partial charge < -0.3 is 11.1 Å². The van der Waals surface area contributed by atoms with Crippen LogP contribution in [-0.4, -0.2) is 32.2 Å². The van der Waals surface area contributed by atoms with Crippen LogP contribution in [0.5, 0.6) is 0 Å². The molecule has 1 amide bonds. The van der Waals surface area contributed by atoms with Crippen LogP contribution in [0.15, 0.2) is 22.1 Å². The Hall–Kier alpha value is -1.67. The van der Waals surface area contributed by atoms with Gasteiger partial charge >= 0.3 is 0 Å². The van der Waals surface area contributed by atoms with Crippen molar-refractivity contribution in [1.29, 1.82) is 0 Å². The van der Waals surface area contributed by atoms with Crippen molar-refractivity contribution in [3.63, 3.8) is 0 Å². The van der Waals surface area contributed by atoms with Crippen LogP contribution in [-0.2, 0) is 0 Å². The number of nitrogens with one attached hydrogen (secondary N) is 1. The van der Waals surface area contributed by atoms with Crippen molar-refractivity contribution in [3.05, 3.63) is 29.2 Å². The number of nitrogen functional groups attached to an aromatic ring is 1. The second-order valence-electron chi connectivity index (χ2n) is 5.65. The molecule has 8 heteroatoms. The van der Waals surface area contributed by atoms with Crippen LogP contribution < -0.4 is 11.1 Å². The first kappa shape index (κ1) is 16.2. The number of hydrogen-bond donors (Lipinski definition) is 2. The van der Waals surface area contributed by atoms with Gasteiger partial charge in [0, 0.05) is 22.4 Å². The molecule has 1 fully saturated rings. The van der Waals surface area contributed by atoms with Gasteiger partial charge in [0.15, 0.2) is 0 Å². The van der Waals surface area contributed by atoms with Crippen molar-refractivity contribution in [2.24, 2.45) is 0 Å². The number of nitrogens with two attached hydrogens (primary N) is 1. The Labute approximate surface area is 143 Å². The third-order valence-corrected chi connectivity index (χ3v) is 6.19. The molecule has 3 N–H and O–H groups in total. The highest BCUT2D eigenvalue weighted by atomic mass is 32.2. The zero-order chi connectivity index (χ0) is 16.2. The predicted molar refractivity (Wildman–Crippen MR) is 92.7 cm³/mol. The van der Waals surface area contributed by atoms with Gasteiger partial charge in [0.1, 0.15) is 15.9 Å². The summed E-state index contributed by atoms with van der Waals surface area (Å²) in [7, 11) is 0. The van der Waals surface area contributed by atoms with E-state index in [0.29, 0.717) is 5.25 Å². The Kier molecular flexibility index (Phi) is 5.12. The van der Waals surface area contributed by atoms with Crippen LogP contribution in [0.4, 0.5) is 5.82 Å². The van der Waals surface area contributed by atoms with Gasteiger partial charge in [-0.05, 0) is 32.6 Å². The van der Waals surface area contributed by atoms with Crippen LogP contribution in [0, 0.1) is 6.92 Å². The number of anilines is 1. The molecule has 2 heterocycles. The summed E-state index contributed by atoms with van der Waals surface area (Å²) in [4.78, 5) is 24.6. The number of aromatic nitrogens is 3. The van der Waals surface area contributed by atoms with Gasteiger partial charge in [0.25, 0.3) is 5.91 Å². The van der Waals surface area contributed by atoms with Crippen LogP contribution in [0.3, 0.4) is 0 Å². The van der Waals surface area contributed by atoms with Gasteiger partial charge in [-0.25, -0.2) is 9.97 Å². The van der Waals surface area contributed by atoms with Crippen LogP contribution in [0.1, 0.15) is 41.9 Å². The molecule has 1 saturated carbocycles. The van der Waals surface area contributed by atoms with E-state index in [-0.39, 0.29) is 23.5 Å². The van der Waals surface area contributed by atoms with E-state index in [1.807, 2.05) is 18.7 Å². The summed E-state index contributed by atoms with van der Waals surface area (Å²) >= 11 is 3.57. The zero-order valence-corrected chi connectivity index (χ0v) is 14.5. The number of rotatable bonds is 4. The minimum absolute atomic E-state index is 0.195. The third-order valence-electron chi connectivity index (χ3n) is 3.76. The van der Waals surface area contributed by atoms with Gasteiger partial charge in [0.2, 0.25) is 0 Å². The molecule has 0 aromatic carbocycles. The third kappa shape index (κ3) is 4.42. The molecule has 0 radical (unpaired) electrons. The van der Waals surface area contributed by atoms with Crippen LogP contribution in [0.25, 0.3) is 0 Å². The number of thioether (sulfide) groups is 1. The zero-order valence-electron chi connectivity index (χ0n) is 12.9. The van der Waals surface area contributed by atoms with Crippen molar-refractivity contribution in [2.75, 3.05) is 5.73 Å². The first-order valence-corrected chi connectivity index (χ1v) is 9.33. The maximum absolute atomic E-state index is 12.2. The van der Waals surface area contributed by atoms with E-state index < -0.39 is 0 Å². The van der Waals surface area contributed by atoms with Crippen LogP contribution in [0.2, 0.25) is 0 Å². The number of nitrogens with zero attached hydrogens (tertiary/aromatic N) is 3. The summed E-state index contributed by atoms with van der Waals surface area (Å²) in [6.07, 6.45) is 6.98. The lowest BCUT2D eigenvalue weighted by atomic mass is 9.95. The number of carbonyl (C=O) groups is 1. The van der Waals surface area contributed by atoms with E-state index >= 15 is 0 Å². The Morgan fingerprint density at radius 2 is 2.09 bits per heavy atom. The summed E-state index contributed by atoms with van der Waals surface area (Å²) in [5, 5.41) is 5.70. The topological polar surface area (TPSA) is 93.8 Å². The average Bonchev–Trinajstić information content (AvgIpc) is 2.94. The Morgan fingerprint density at radius 1 is 1.30 bits per heavy atom. The van der Waals surface area contributed by atoms with E-state index in [0.717, 1.165) is 35.7 Å². The normalized spacial score (nSPS) is 21.1. The number of thiazole rings is 1. The lowest BCUT2D eigenvalue weighted by Gasteiger charge is -2.28. The molecule has 2 aromatic rings. The summed E-state index contributed by atoms with van der Waals surface area (Å²) in [6.45, 7) is 2.02. The van der Waals surface area contributed by atoms with Gasteiger partial charge in [-0.3, -0.25) is 9.78 Å². The molecule has 0 saturated heterocycles. The second-order valence-corrected chi connectivity index (χ2v) is 8.05. The molecule has 0 unspecified atom stereocenters. The molecular weight excluding hydrogens is 330 g/mol. The Morgan fingerprint density at radius 3 is 2.74 bits per heavy atom. The summed E-state index contributed by atoms with van der Waals surface area (Å²) in [5.74, 6) is 0.0629. The molecule has 6 nitrogen and oxygen atoms in total. The molecule has 1 aliphatic rings. The standard InChI is InChI=1S/C15H19N5OS2/c1-9-8-22-15(18-9)23-11-4-2-10(3-5-11)19-14(21)12-6-17-7-13(16)20-12/h6-8,10-11H,2-5H2,1H3,(H2,16,20)(H,19,21).